The maximum absolute atomic E-state index is 12.4. The van der Waals surface area contributed by atoms with Crippen LogP contribution in [-0.2, 0) is 13.0 Å². The summed E-state index contributed by atoms with van der Waals surface area (Å²) in [7, 11) is 2.00. The third-order valence-electron chi connectivity index (χ3n) is 4.38. The number of aryl methyl sites for hydroxylation is 1. The molecule has 1 N–H and O–H groups in total. The summed E-state index contributed by atoms with van der Waals surface area (Å²) in [5.74, 6) is 0.725. The van der Waals surface area contributed by atoms with Crippen LogP contribution < -0.4 is 10.2 Å². The van der Waals surface area contributed by atoms with Crippen molar-refractivity contribution in [3.8, 4) is 0 Å². The Morgan fingerprint density at radius 2 is 1.93 bits per heavy atom. The van der Waals surface area contributed by atoms with Crippen molar-refractivity contribution in [1.29, 1.82) is 0 Å². The summed E-state index contributed by atoms with van der Waals surface area (Å²) in [4.78, 5) is 27.4. The Labute approximate surface area is 159 Å². The fourth-order valence-corrected chi connectivity index (χ4v) is 2.82. The van der Waals surface area contributed by atoms with E-state index in [4.69, 9.17) is 0 Å². The largest absolute Gasteiger partial charge is 0.359 e. The van der Waals surface area contributed by atoms with Gasteiger partial charge in [0.2, 0.25) is 0 Å². The monoisotopic (exact) mass is 361 g/mol. The Morgan fingerprint density at radius 3 is 2.70 bits per heavy atom. The van der Waals surface area contributed by atoms with Crippen LogP contribution in [0.4, 0.5) is 5.82 Å². The van der Waals surface area contributed by atoms with Gasteiger partial charge in [0.25, 0.3) is 5.91 Å². The number of carbonyl (C=O) groups excluding carboxylic acids is 1. The zero-order valence-corrected chi connectivity index (χ0v) is 15.6. The molecule has 138 valence electrons. The van der Waals surface area contributed by atoms with Crippen molar-refractivity contribution in [1.82, 2.24) is 20.3 Å². The SMILES string of the molecule is Cc1ccncc1C(=O)NCc1cccnc1N(C)CCc1ccccn1. The van der Waals surface area contributed by atoms with E-state index < -0.39 is 0 Å². The molecule has 0 radical (unpaired) electrons. The van der Waals surface area contributed by atoms with Gasteiger partial charge in [-0.15, -0.1) is 0 Å². The number of rotatable bonds is 7. The molecule has 0 spiro atoms. The molecular weight excluding hydrogens is 338 g/mol. The Balaban J connectivity index is 1.65. The molecule has 3 heterocycles. The van der Waals surface area contributed by atoms with Crippen LogP contribution >= 0.6 is 0 Å². The highest BCUT2D eigenvalue weighted by atomic mass is 16.1. The molecule has 0 aromatic carbocycles. The number of carbonyl (C=O) groups is 1. The molecule has 0 saturated heterocycles. The van der Waals surface area contributed by atoms with Crippen LogP contribution in [0, 0.1) is 6.92 Å². The van der Waals surface area contributed by atoms with Gasteiger partial charge < -0.3 is 10.2 Å². The van der Waals surface area contributed by atoms with Crippen molar-refractivity contribution in [3.05, 3.63) is 83.6 Å². The second kappa shape index (κ2) is 8.89. The predicted octanol–water partition coefficient (Wildman–Crippen LogP) is 2.79. The van der Waals surface area contributed by atoms with Crippen molar-refractivity contribution >= 4 is 11.7 Å². The zero-order valence-electron chi connectivity index (χ0n) is 15.6. The smallest absolute Gasteiger partial charge is 0.253 e. The van der Waals surface area contributed by atoms with Gasteiger partial charge in [0, 0.05) is 62.6 Å². The van der Waals surface area contributed by atoms with E-state index in [9.17, 15) is 4.79 Å². The molecular formula is C21H23N5O. The lowest BCUT2D eigenvalue weighted by Gasteiger charge is -2.21. The highest BCUT2D eigenvalue weighted by Crippen LogP contribution is 2.16. The van der Waals surface area contributed by atoms with E-state index in [0.717, 1.165) is 35.6 Å². The van der Waals surface area contributed by atoms with Crippen molar-refractivity contribution in [3.63, 3.8) is 0 Å². The minimum absolute atomic E-state index is 0.133. The van der Waals surface area contributed by atoms with E-state index >= 15 is 0 Å². The van der Waals surface area contributed by atoms with Crippen molar-refractivity contribution < 1.29 is 4.79 Å². The van der Waals surface area contributed by atoms with Crippen LogP contribution in [0.1, 0.15) is 27.2 Å². The molecule has 3 rings (SSSR count). The van der Waals surface area contributed by atoms with Crippen LogP contribution in [-0.4, -0.2) is 34.5 Å². The third-order valence-corrected chi connectivity index (χ3v) is 4.38. The third kappa shape index (κ3) is 4.88. The number of aromatic nitrogens is 3. The first-order chi connectivity index (χ1) is 13.1. The van der Waals surface area contributed by atoms with E-state index in [1.165, 1.54) is 0 Å². The molecule has 0 fully saturated rings. The first kappa shape index (κ1) is 18.5. The summed E-state index contributed by atoms with van der Waals surface area (Å²) >= 11 is 0. The van der Waals surface area contributed by atoms with E-state index in [0.29, 0.717) is 12.1 Å². The molecule has 0 aliphatic carbocycles. The molecule has 0 aliphatic rings. The average Bonchev–Trinajstić information content (AvgIpc) is 2.71. The van der Waals surface area contributed by atoms with Gasteiger partial charge in [-0.2, -0.15) is 0 Å². The Kier molecular flexibility index (Phi) is 6.10. The van der Waals surface area contributed by atoms with Crippen LogP contribution in [0.15, 0.2) is 61.2 Å². The van der Waals surface area contributed by atoms with Crippen LogP contribution in [0.5, 0.6) is 0 Å². The molecule has 1 amide bonds. The molecule has 0 aliphatic heterocycles. The van der Waals surface area contributed by atoms with Gasteiger partial charge in [-0.05, 0) is 36.8 Å². The normalized spacial score (nSPS) is 10.4. The predicted molar refractivity (Wildman–Crippen MR) is 106 cm³/mol. The fraction of sp³-hybridized carbons (Fsp3) is 0.238. The molecule has 0 saturated carbocycles. The molecule has 0 atom stereocenters. The standard InChI is InChI=1S/C21H23N5O/c1-16-8-12-22-15-19(16)21(27)25-14-17-6-5-11-24-20(17)26(2)13-9-18-7-3-4-10-23-18/h3-8,10-12,15H,9,13-14H2,1-2H3,(H,25,27). The molecule has 27 heavy (non-hydrogen) atoms. The zero-order chi connectivity index (χ0) is 19.1. The summed E-state index contributed by atoms with van der Waals surface area (Å²) in [6.45, 7) is 3.10. The maximum Gasteiger partial charge on any atom is 0.253 e. The number of amides is 1. The number of pyridine rings is 3. The number of anilines is 1. The number of nitrogens with zero attached hydrogens (tertiary/aromatic N) is 4. The Hall–Kier alpha value is -3.28. The summed E-state index contributed by atoms with van der Waals surface area (Å²) in [5, 5.41) is 2.97. The Morgan fingerprint density at radius 1 is 1.07 bits per heavy atom. The maximum atomic E-state index is 12.4. The van der Waals surface area contributed by atoms with Gasteiger partial charge in [0.05, 0.1) is 5.56 Å². The van der Waals surface area contributed by atoms with Gasteiger partial charge in [-0.25, -0.2) is 4.98 Å². The van der Waals surface area contributed by atoms with Gasteiger partial charge in [-0.1, -0.05) is 12.1 Å². The van der Waals surface area contributed by atoms with Crippen LogP contribution in [0.25, 0.3) is 0 Å². The molecule has 6 nitrogen and oxygen atoms in total. The highest BCUT2D eigenvalue weighted by Gasteiger charge is 2.12. The second-order valence-corrected chi connectivity index (χ2v) is 6.35. The van der Waals surface area contributed by atoms with E-state index in [1.54, 1.807) is 24.8 Å². The number of hydrogen-bond acceptors (Lipinski definition) is 5. The first-order valence-corrected chi connectivity index (χ1v) is 8.89. The van der Waals surface area contributed by atoms with Gasteiger partial charge >= 0.3 is 0 Å². The highest BCUT2D eigenvalue weighted by molar-refractivity contribution is 5.95. The summed E-state index contributed by atoms with van der Waals surface area (Å²) < 4.78 is 0. The second-order valence-electron chi connectivity index (χ2n) is 6.35. The van der Waals surface area contributed by atoms with Crippen molar-refractivity contribution in [2.45, 2.75) is 19.9 Å². The minimum Gasteiger partial charge on any atom is -0.359 e. The average molecular weight is 361 g/mol. The first-order valence-electron chi connectivity index (χ1n) is 8.89. The molecule has 6 heteroatoms. The van der Waals surface area contributed by atoms with Gasteiger partial charge in [-0.3, -0.25) is 14.8 Å². The summed E-state index contributed by atoms with van der Waals surface area (Å²) in [6, 6.07) is 11.6. The van der Waals surface area contributed by atoms with E-state index in [2.05, 4.69) is 25.2 Å². The number of likely N-dealkylation sites (N-methyl/N-ethyl adjacent to an activating group) is 1. The molecule has 0 bridgehead atoms. The van der Waals surface area contributed by atoms with Crippen LogP contribution in [0.3, 0.4) is 0 Å². The van der Waals surface area contributed by atoms with E-state index in [1.807, 2.05) is 50.4 Å². The van der Waals surface area contributed by atoms with Crippen molar-refractivity contribution in [2.24, 2.45) is 0 Å². The molecule has 3 aromatic heterocycles. The lowest BCUT2D eigenvalue weighted by Crippen LogP contribution is -2.27. The van der Waals surface area contributed by atoms with Gasteiger partial charge in [0.15, 0.2) is 0 Å². The topological polar surface area (TPSA) is 71.0 Å². The number of hydrogen-bond donors (Lipinski definition) is 1. The molecule has 3 aromatic rings. The lowest BCUT2D eigenvalue weighted by atomic mass is 10.1. The minimum atomic E-state index is -0.133. The Bertz CT molecular complexity index is 898. The quantitative estimate of drug-likeness (QED) is 0.701. The summed E-state index contributed by atoms with van der Waals surface area (Å²) in [5.41, 5.74) is 3.51. The molecule has 0 unspecified atom stereocenters. The van der Waals surface area contributed by atoms with Gasteiger partial charge in [0.1, 0.15) is 5.82 Å². The fourth-order valence-electron chi connectivity index (χ4n) is 2.82. The lowest BCUT2D eigenvalue weighted by molar-refractivity contribution is 0.0950. The number of nitrogens with one attached hydrogen (secondary N) is 1. The summed E-state index contributed by atoms with van der Waals surface area (Å²) in [6.07, 6.45) is 7.67. The van der Waals surface area contributed by atoms with Crippen LogP contribution in [0.2, 0.25) is 0 Å². The van der Waals surface area contributed by atoms with Crippen molar-refractivity contribution in [2.75, 3.05) is 18.5 Å². The van der Waals surface area contributed by atoms with E-state index in [-0.39, 0.29) is 5.91 Å².